The molecule has 0 fully saturated rings. The van der Waals surface area contributed by atoms with Gasteiger partial charge in [-0.1, -0.05) is 17.7 Å². The van der Waals surface area contributed by atoms with Crippen molar-refractivity contribution in [1.82, 2.24) is 19.9 Å². The Bertz CT molecular complexity index is 851. The molecule has 0 spiro atoms. The Morgan fingerprint density at radius 3 is 2.95 bits per heavy atom. The summed E-state index contributed by atoms with van der Waals surface area (Å²) >= 11 is 6.80. The fourth-order valence-corrected chi connectivity index (χ4v) is 2.92. The molecule has 0 aliphatic rings. The van der Waals surface area contributed by atoms with E-state index in [1.165, 1.54) is 6.33 Å². The minimum absolute atomic E-state index is 0.149. The van der Waals surface area contributed by atoms with Gasteiger partial charge < -0.3 is 4.98 Å². The largest absolute Gasteiger partial charge is 0.338 e. The van der Waals surface area contributed by atoms with Gasteiger partial charge in [0.1, 0.15) is 6.33 Å². The number of nitro groups is 1. The lowest BCUT2D eigenvalue weighted by Gasteiger charge is -1.99. The van der Waals surface area contributed by atoms with Gasteiger partial charge in [0.05, 0.1) is 16.0 Å². The summed E-state index contributed by atoms with van der Waals surface area (Å²) in [5, 5.41) is 11.5. The SMILES string of the molecule is Cc1ccc2nc(Sc3ncnc(Cl)c3[N+](=O)[O-])[nH]c2c1. The molecule has 1 aromatic carbocycles. The molecule has 106 valence electrons. The van der Waals surface area contributed by atoms with E-state index in [9.17, 15) is 10.1 Å². The number of imidazole rings is 1. The Morgan fingerprint density at radius 1 is 1.38 bits per heavy atom. The van der Waals surface area contributed by atoms with Crippen LogP contribution in [0, 0.1) is 17.0 Å². The molecule has 7 nitrogen and oxygen atoms in total. The first kappa shape index (κ1) is 13.8. The molecule has 9 heteroatoms. The summed E-state index contributed by atoms with van der Waals surface area (Å²) in [6, 6.07) is 5.78. The topological polar surface area (TPSA) is 97.6 Å². The molecule has 0 amide bonds. The van der Waals surface area contributed by atoms with Crippen molar-refractivity contribution in [3.05, 3.63) is 45.4 Å². The van der Waals surface area contributed by atoms with Crippen LogP contribution >= 0.6 is 23.4 Å². The second kappa shape index (κ2) is 5.30. The van der Waals surface area contributed by atoms with Crippen molar-refractivity contribution in [2.24, 2.45) is 0 Å². The van der Waals surface area contributed by atoms with E-state index in [0.717, 1.165) is 28.4 Å². The van der Waals surface area contributed by atoms with Crippen LogP contribution in [-0.2, 0) is 0 Å². The number of halogens is 1. The Morgan fingerprint density at radius 2 is 2.19 bits per heavy atom. The maximum Gasteiger partial charge on any atom is 0.338 e. The number of aromatic nitrogens is 4. The number of benzene rings is 1. The van der Waals surface area contributed by atoms with Crippen LogP contribution in [0.15, 0.2) is 34.7 Å². The van der Waals surface area contributed by atoms with Crippen molar-refractivity contribution in [3.8, 4) is 0 Å². The van der Waals surface area contributed by atoms with E-state index < -0.39 is 4.92 Å². The predicted molar refractivity (Wildman–Crippen MR) is 78.7 cm³/mol. The van der Waals surface area contributed by atoms with Crippen molar-refractivity contribution in [3.63, 3.8) is 0 Å². The van der Waals surface area contributed by atoms with E-state index >= 15 is 0 Å². The molecule has 2 heterocycles. The summed E-state index contributed by atoms with van der Waals surface area (Å²) in [6.45, 7) is 1.97. The fourth-order valence-electron chi connectivity index (χ4n) is 1.81. The quantitative estimate of drug-likeness (QED) is 0.451. The smallest absolute Gasteiger partial charge is 0.333 e. The van der Waals surface area contributed by atoms with Crippen LogP contribution in [0.4, 0.5) is 5.69 Å². The summed E-state index contributed by atoms with van der Waals surface area (Å²) in [7, 11) is 0. The lowest BCUT2D eigenvalue weighted by atomic mass is 10.2. The lowest BCUT2D eigenvalue weighted by Crippen LogP contribution is -1.96. The third-order valence-corrected chi connectivity index (χ3v) is 3.89. The van der Waals surface area contributed by atoms with Gasteiger partial charge in [-0.25, -0.2) is 15.0 Å². The molecule has 0 radical (unpaired) electrons. The highest BCUT2D eigenvalue weighted by molar-refractivity contribution is 7.99. The van der Waals surface area contributed by atoms with Gasteiger partial charge in [0.25, 0.3) is 0 Å². The summed E-state index contributed by atoms with van der Waals surface area (Å²) in [5.41, 5.74) is 2.42. The van der Waals surface area contributed by atoms with Crippen LogP contribution in [0.3, 0.4) is 0 Å². The lowest BCUT2D eigenvalue weighted by molar-refractivity contribution is -0.388. The minimum Gasteiger partial charge on any atom is -0.333 e. The molecular formula is C12H8ClN5O2S. The molecule has 0 bridgehead atoms. The molecule has 0 saturated heterocycles. The number of hydrogen-bond donors (Lipinski definition) is 1. The minimum atomic E-state index is -0.600. The van der Waals surface area contributed by atoms with Gasteiger partial charge in [-0.3, -0.25) is 10.1 Å². The number of aromatic amines is 1. The van der Waals surface area contributed by atoms with Gasteiger partial charge in [-0.15, -0.1) is 0 Å². The van der Waals surface area contributed by atoms with Crippen molar-refractivity contribution in [2.45, 2.75) is 17.1 Å². The Kier molecular flexibility index (Phi) is 3.48. The van der Waals surface area contributed by atoms with Crippen molar-refractivity contribution < 1.29 is 4.92 Å². The monoisotopic (exact) mass is 321 g/mol. The molecule has 0 saturated carbocycles. The number of aryl methyl sites for hydroxylation is 1. The molecule has 3 aromatic rings. The summed E-state index contributed by atoms with van der Waals surface area (Å²) < 4.78 is 0. The zero-order valence-corrected chi connectivity index (χ0v) is 12.3. The van der Waals surface area contributed by atoms with E-state index in [-0.39, 0.29) is 15.9 Å². The Balaban J connectivity index is 2.02. The number of rotatable bonds is 3. The van der Waals surface area contributed by atoms with Gasteiger partial charge in [0.15, 0.2) is 10.2 Å². The normalized spacial score (nSPS) is 11.0. The first-order valence-electron chi connectivity index (χ1n) is 5.83. The number of nitrogens with zero attached hydrogens (tertiary/aromatic N) is 4. The van der Waals surface area contributed by atoms with Crippen molar-refractivity contribution >= 4 is 40.1 Å². The van der Waals surface area contributed by atoms with Crippen LogP contribution in [0.2, 0.25) is 5.15 Å². The summed E-state index contributed by atoms with van der Waals surface area (Å²) in [6.07, 6.45) is 1.18. The third kappa shape index (κ3) is 2.67. The predicted octanol–water partition coefficient (Wildman–Crippen LogP) is 3.37. The first-order chi connectivity index (χ1) is 10.0. The molecule has 0 atom stereocenters. The fraction of sp³-hybridized carbons (Fsp3) is 0.0833. The van der Waals surface area contributed by atoms with Gasteiger partial charge in [0.2, 0.25) is 5.15 Å². The molecule has 3 rings (SSSR count). The highest BCUT2D eigenvalue weighted by Crippen LogP contribution is 2.35. The van der Waals surface area contributed by atoms with Crippen LogP contribution in [0.5, 0.6) is 0 Å². The van der Waals surface area contributed by atoms with Crippen molar-refractivity contribution in [1.29, 1.82) is 0 Å². The molecule has 0 aliphatic heterocycles. The molecular weight excluding hydrogens is 314 g/mol. The average Bonchev–Trinajstić information content (AvgIpc) is 2.79. The summed E-state index contributed by atoms with van der Waals surface area (Å²) in [4.78, 5) is 25.4. The number of nitrogens with one attached hydrogen (secondary N) is 1. The standard InChI is InChI=1S/C12H8ClN5O2S/c1-6-2-3-7-8(4-6)17-12(16-7)21-11-9(18(19)20)10(13)14-5-15-11/h2-5H,1H3,(H,16,17). The van der Waals surface area contributed by atoms with Crippen LogP contribution in [0.1, 0.15) is 5.56 Å². The van der Waals surface area contributed by atoms with E-state index in [4.69, 9.17) is 11.6 Å². The third-order valence-electron chi connectivity index (χ3n) is 2.74. The van der Waals surface area contributed by atoms with Crippen molar-refractivity contribution in [2.75, 3.05) is 0 Å². The highest BCUT2D eigenvalue weighted by Gasteiger charge is 2.23. The van der Waals surface area contributed by atoms with Gasteiger partial charge in [0, 0.05) is 0 Å². The maximum atomic E-state index is 11.0. The molecule has 1 N–H and O–H groups in total. The first-order valence-corrected chi connectivity index (χ1v) is 7.03. The second-order valence-electron chi connectivity index (χ2n) is 4.24. The zero-order valence-electron chi connectivity index (χ0n) is 10.7. The molecule has 0 aliphatic carbocycles. The van der Waals surface area contributed by atoms with Gasteiger partial charge >= 0.3 is 5.69 Å². The summed E-state index contributed by atoms with van der Waals surface area (Å²) in [5.74, 6) is 0. The van der Waals surface area contributed by atoms with E-state index in [0.29, 0.717) is 5.16 Å². The zero-order chi connectivity index (χ0) is 15.0. The van der Waals surface area contributed by atoms with E-state index in [1.54, 1.807) is 0 Å². The number of hydrogen-bond acceptors (Lipinski definition) is 6. The van der Waals surface area contributed by atoms with Gasteiger partial charge in [-0.05, 0) is 36.4 Å². The average molecular weight is 322 g/mol. The molecule has 21 heavy (non-hydrogen) atoms. The number of H-pyrrole nitrogens is 1. The Hall–Kier alpha value is -2.19. The second-order valence-corrected chi connectivity index (χ2v) is 5.58. The highest BCUT2D eigenvalue weighted by atomic mass is 35.5. The van der Waals surface area contributed by atoms with E-state index in [1.807, 2.05) is 25.1 Å². The Labute approximate surface area is 127 Å². The molecule has 2 aromatic heterocycles. The number of fused-ring (bicyclic) bond motifs is 1. The maximum absolute atomic E-state index is 11.0. The molecule has 0 unspecified atom stereocenters. The van der Waals surface area contributed by atoms with Crippen LogP contribution in [-0.4, -0.2) is 24.9 Å². The van der Waals surface area contributed by atoms with Gasteiger partial charge in [-0.2, -0.15) is 0 Å². The van der Waals surface area contributed by atoms with Crippen LogP contribution in [0.25, 0.3) is 11.0 Å². The van der Waals surface area contributed by atoms with E-state index in [2.05, 4.69) is 19.9 Å². The van der Waals surface area contributed by atoms with Crippen LogP contribution < -0.4 is 0 Å².